The molecule has 0 bridgehead atoms. The van der Waals surface area contributed by atoms with E-state index >= 15 is 0 Å². The molecule has 0 radical (unpaired) electrons. The van der Waals surface area contributed by atoms with Gasteiger partial charge in [-0.3, -0.25) is 4.90 Å². The van der Waals surface area contributed by atoms with Gasteiger partial charge in [0.25, 0.3) is 0 Å². The Morgan fingerprint density at radius 1 is 1.26 bits per heavy atom. The van der Waals surface area contributed by atoms with Crippen LogP contribution in [0.1, 0.15) is 19.4 Å². The van der Waals surface area contributed by atoms with Crippen molar-refractivity contribution in [2.45, 2.75) is 20.4 Å². The molecule has 1 aromatic rings. The van der Waals surface area contributed by atoms with Gasteiger partial charge in [-0.15, -0.1) is 0 Å². The summed E-state index contributed by atoms with van der Waals surface area (Å²) in [5, 5.41) is 9.60. The lowest BCUT2D eigenvalue weighted by Gasteiger charge is -2.24. The lowest BCUT2D eigenvalue weighted by atomic mass is 10.1. The van der Waals surface area contributed by atoms with Crippen molar-refractivity contribution < 1.29 is 14.6 Å². The van der Waals surface area contributed by atoms with Gasteiger partial charge in [-0.25, -0.2) is 0 Å². The quantitative estimate of drug-likeness (QED) is 0.786. The molecule has 0 aliphatic carbocycles. The number of aromatic hydroxyl groups is 1. The molecule has 0 aromatic heterocycles. The molecule has 1 N–H and O–H groups in total. The Morgan fingerprint density at radius 2 is 2.00 bits per heavy atom. The molecule has 0 unspecified atom stereocenters. The highest BCUT2D eigenvalue weighted by atomic mass is 16.5. The van der Waals surface area contributed by atoms with Gasteiger partial charge in [0.2, 0.25) is 0 Å². The molecule has 0 fully saturated rings. The van der Waals surface area contributed by atoms with Gasteiger partial charge in [0, 0.05) is 26.7 Å². The molecule has 0 atom stereocenters. The molecular formula is C15H25NO3. The number of phenolic OH excluding ortho intramolecular Hbond substituents is 1. The number of hydrogen-bond donors (Lipinski definition) is 1. The van der Waals surface area contributed by atoms with Crippen molar-refractivity contribution in [3.05, 3.63) is 23.8 Å². The van der Waals surface area contributed by atoms with Crippen molar-refractivity contribution in [2.75, 3.05) is 33.9 Å². The number of phenols is 1. The van der Waals surface area contributed by atoms with Gasteiger partial charge in [0.05, 0.1) is 13.7 Å². The minimum atomic E-state index is 0.179. The van der Waals surface area contributed by atoms with Gasteiger partial charge in [-0.1, -0.05) is 19.9 Å². The van der Waals surface area contributed by atoms with Crippen LogP contribution in [0.3, 0.4) is 0 Å². The Morgan fingerprint density at radius 3 is 2.58 bits per heavy atom. The topological polar surface area (TPSA) is 41.9 Å². The summed E-state index contributed by atoms with van der Waals surface area (Å²) in [5.41, 5.74) is 1.13. The SMILES string of the molecule is COCCN(Cc1ccc(O)c(OC)c1)CC(C)C. The number of hydrogen-bond acceptors (Lipinski definition) is 4. The largest absolute Gasteiger partial charge is 0.504 e. The summed E-state index contributed by atoms with van der Waals surface area (Å²) in [4.78, 5) is 2.35. The van der Waals surface area contributed by atoms with E-state index in [0.29, 0.717) is 11.7 Å². The van der Waals surface area contributed by atoms with Crippen LogP contribution in [0.15, 0.2) is 18.2 Å². The van der Waals surface area contributed by atoms with E-state index in [1.807, 2.05) is 12.1 Å². The fourth-order valence-electron chi connectivity index (χ4n) is 2.05. The maximum Gasteiger partial charge on any atom is 0.160 e. The summed E-state index contributed by atoms with van der Waals surface area (Å²) in [5.74, 6) is 1.31. The van der Waals surface area contributed by atoms with Gasteiger partial charge >= 0.3 is 0 Å². The summed E-state index contributed by atoms with van der Waals surface area (Å²) in [6.45, 7) is 7.89. The van der Waals surface area contributed by atoms with Crippen LogP contribution >= 0.6 is 0 Å². The molecule has 0 heterocycles. The van der Waals surface area contributed by atoms with E-state index < -0.39 is 0 Å². The second-order valence-electron chi connectivity index (χ2n) is 5.13. The lowest BCUT2D eigenvalue weighted by molar-refractivity contribution is 0.136. The molecule has 0 spiro atoms. The van der Waals surface area contributed by atoms with Crippen LogP contribution in [0.2, 0.25) is 0 Å². The second-order valence-corrected chi connectivity index (χ2v) is 5.13. The van der Waals surface area contributed by atoms with E-state index in [2.05, 4.69) is 18.7 Å². The van der Waals surface area contributed by atoms with E-state index in [4.69, 9.17) is 9.47 Å². The van der Waals surface area contributed by atoms with Crippen LogP contribution in [0, 0.1) is 5.92 Å². The van der Waals surface area contributed by atoms with E-state index in [9.17, 15) is 5.11 Å². The van der Waals surface area contributed by atoms with Gasteiger partial charge in [-0.05, 0) is 23.6 Å². The van der Waals surface area contributed by atoms with E-state index in [-0.39, 0.29) is 5.75 Å². The fraction of sp³-hybridized carbons (Fsp3) is 0.600. The molecule has 0 saturated carbocycles. The predicted molar refractivity (Wildman–Crippen MR) is 76.6 cm³/mol. The predicted octanol–water partition coefficient (Wildman–Crippen LogP) is 2.51. The molecule has 0 aliphatic rings. The molecule has 19 heavy (non-hydrogen) atoms. The zero-order valence-electron chi connectivity index (χ0n) is 12.3. The summed E-state index contributed by atoms with van der Waals surface area (Å²) in [6.07, 6.45) is 0. The average molecular weight is 267 g/mol. The van der Waals surface area contributed by atoms with Crippen LogP contribution in [-0.4, -0.2) is 43.9 Å². The Kier molecular flexibility index (Phi) is 6.67. The van der Waals surface area contributed by atoms with Crippen molar-refractivity contribution in [3.8, 4) is 11.5 Å². The highest BCUT2D eigenvalue weighted by molar-refractivity contribution is 5.41. The number of ether oxygens (including phenoxy) is 2. The summed E-state index contributed by atoms with van der Waals surface area (Å²) < 4.78 is 10.3. The smallest absolute Gasteiger partial charge is 0.160 e. The van der Waals surface area contributed by atoms with Gasteiger partial charge < -0.3 is 14.6 Å². The third-order valence-corrected chi connectivity index (χ3v) is 2.89. The van der Waals surface area contributed by atoms with Crippen molar-refractivity contribution >= 4 is 0 Å². The second kappa shape index (κ2) is 8.02. The third kappa shape index (κ3) is 5.49. The van der Waals surface area contributed by atoms with Gasteiger partial charge in [0.15, 0.2) is 11.5 Å². The van der Waals surface area contributed by atoms with Crippen LogP contribution in [0.5, 0.6) is 11.5 Å². The maximum absolute atomic E-state index is 9.60. The number of methoxy groups -OCH3 is 2. The highest BCUT2D eigenvalue weighted by Crippen LogP contribution is 2.26. The Hall–Kier alpha value is -1.26. The van der Waals surface area contributed by atoms with Crippen molar-refractivity contribution in [1.29, 1.82) is 0 Å². The molecule has 0 amide bonds. The van der Waals surface area contributed by atoms with Crippen LogP contribution < -0.4 is 4.74 Å². The zero-order chi connectivity index (χ0) is 14.3. The monoisotopic (exact) mass is 267 g/mol. The number of nitrogens with zero attached hydrogens (tertiary/aromatic N) is 1. The minimum absolute atomic E-state index is 0.179. The van der Waals surface area contributed by atoms with Crippen LogP contribution in [0.25, 0.3) is 0 Å². The first-order valence-corrected chi connectivity index (χ1v) is 6.64. The molecule has 1 rings (SSSR count). The summed E-state index contributed by atoms with van der Waals surface area (Å²) >= 11 is 0. The Labute approximate surface area is 115 Å². The number of benzene rings is 1. The van der Waals surface area contributed by atoms with Crippen molar-refractivity contribution in [1.82, 2.24) is 4.90 Å². The molecule has 0 aliphatic heterocycles. The zero-order valence-corrected chi connectivity index (χ0v) is 12.3. The van der Waals surface area contributed by atoms with Gasteiger partial charge in [-0.2, -0.15) is 0 Å². The molecular weight excluding hydrogens is 242 g/mol. The summed E-state index contributed by atoms with van der Waals surface area (Å²) in [7, 11) is 3.28. The normalized spacial score (nSPS) is 11.3. The van der Waals surface area contributed by atoms with E-state index in [1.165, 1.54) is 0 Å². The first-order chi connectivity index (χ1) is 9.06. The van der Waals surface area contributed by atoms with Crippen LogP contribution in [0.4, 0.5) is 0 Å². The summed E-state index contributed by atoms with van der Waals surface area (Å²) in [6, 6.07) is 5.49. The first-order valence-electron chi connectivity index (χ1n) is 6.64. The Bertz CT molecular complexity index is 380. The molecule has 1 aromatic carbocycles. The van der Waals surface area contributed by atoms with Crippen molar-refractivity contribution in [3.63, 3.8) is 0 Å². The molecule has 108 valence electrons. The third-order valence-electron chi connectivity index (χ3n) is 2.89. The molecule has 0 saturated heterocycles. The number of rotatable bonds is 8. The van der Waals surface area contributed by atoms with E-state index in [1.54, 1.807) is 20.3 Å². The lowest BCUT2D eigenvalue weighted by Crippen LogP contribution is -2.30. The fourth-order valence-corrected chi connectivity index (χ4v) is 2.05. The highest BCUT2D eigenvalue weighted by Gasteiger charge is 2.10. The molecule has 4 nitrogen and oxygen atoms in total. The van der Waals surface area contributed by atoms with Crippen molar-refractivity contribution in [2.24, 2.45) is 5.92 Å². The average Bonchev–Trinajstić information content (AvgIpc) is 2.37. The first kappa shape index (κ1) is 15.8. The standard InChI is InChI=1S/C15H25NO3/c1-12(2)10-16(7-8-18-3)11-13-5-6-14(17)15(9-13)19-4/h5-6,9,12,17H,7-8,10-11H2,1-4H3. The maximum atomic E-state index is 9.60. The minimum Gasteiger partial charge on any atom is -0.504 e. The molecule has 4 heteroatoms. The van der Waals surface area contributed by atoms with Crippen LogP contribution in [-0.2, 0) is 11.3 Å². The Balaban J connectivity index is 2.71. The van der Waals surface area contributed by atoms with E-state index in [0.717, 1.165) is 31.8 Å². The van der Waals surface area contributed by atoms with Gasteiger partial charge in [0.1, 0.15) is 0 Å².